The van der Waals surface area contributed by atoms with Gasteiger partial charge in [-0.25, -0.2) is 18.7 Å². The predicted octanol–water partition coefficient (Wildman–Crippen LogP) is 2.16. The van der Waals surface area contributed by atoms with Crippen LogP contribution in [0.25, 0.3) is 11.2 Å². The minimum absolute atomic E-state index is 0.0226. The van der Waals surface area contributed by atoms with Crippen LogP contribution in [0.4, 0.5) is 8.78 Å². The molecule has 4 rings (SSSR count). The van der Waals surface area contributed by atoms with Gasteiger partial charge in [0.2, 0.25) is 5.91 Å². The van der Waals surface area contributed by atoms with Crippen LogP contribution in [0.5, 0.6) is 0 Å². The molecule has 0 radical (unpaired) electrons. The Morgan fingerprint density at radius 2 is 2.14 bits per heavy atom. The third kappa shape index (κ3) is 3.55. The van der Waals surface area contributed by atoms with Crippen LogP contribution in [0, 0.1) is 11.6 Å². The number of hydrogen-bond donors (Lipinski definition) is 2. The minimum Gasteiger partial charge on any atom is -0.343 e. The smallest absolute Gasteiger partial charge is 0.270 e. The average Bonchev–Trinajstić information content (AvgIpc) is 3.14. The van der Waals surface area contributed by atoms with Crippen molar-refractivity contribution in [3.8, 4) is 0 Å². The van der Waals surface area contributed by atoms with Crippen LogP contribution < -0.4 is 5.32 Å². The molecule has 144 valence electrons. The van der Waals surface area contributed by atoms with E-state index in [0.717, 1.165) is 12.1 Å². The average molecular weight is 385 g/mol. The molecule has 3 aromatic rings. The highest BCUT2D eigenvalue weighted by Crippen LogP contribution is 2.18. The number of pyridine rings is 1. The Labute approximate surface area is 158 Å². The largest absolute Gasteiger partial charge is 0.343 e. The number of nitrogens with one attached hydrogen (secondary N) is 2. The lowest BCUT2D eigenvalue weighted by atomic mass is 10.0. The molecule has 2 amide bonds. The van der Waals surface area contributed by atoms with Crippen LogP contribution in [0.3, 0.4) is 0 Å². The van der Waals surface area contributed by atoms with E-state index in [1.807, 2.05) is 0 Å². The summed E-state index contributed by atoms with van der Waals surface area (Å²) in [5, 5.41) is 2.70. The van der Waals surface area contributed by atoms with Crippen LogP contribution >= 0.6 is 0 Å². The Hall–Kier alpha value is -3.36. The maximum atomic E-state index is 13.9. The molecule has 1 aromatic carbocycles. The third-order valence-electron chi connectivity index (χ3n) is 4.73. The summed E-state index contributed by atoms with van der Waals surface area (Å²) in [7, 11) is 0. The summed E-state index contributed by atoms with van der Waals surface area (Å²) in [6.45, 7) is 0.467. The van der Waals surface area contributed by atoms with E-state index in [9.17, 15) is 18.4 Å². The molecule has 7 nitrogen and oxygen atoms in total. The number of aromatic nitrogens is 3. The number of rotatable bonds is 4. The number of amides is 2. The van der Waals surface area contributed by atoms with Crippen molar-refractivity contribution in [2.24, 2.45) is 0 Å². The minimum atomic E-state index is -0.721. The fraction of sp³-hybridized carbons (Fsp3) is 0.263. The molecule has 2 aromatic heterocycles. The highest BCUT2D eigenvalue weighted by molar-refractivity contribution is 5.97. The Balaban J connectivity index is 1.45. The van der Waals surface area contributed by atoms with Crippen molar-refractivity contribution < 1.29 is 18.4 Å². The highest BCUT2D eigenvalue weighted by atomic mass is 19.1. The van der Waals surface area contributed by atoms with Crippen LogP contribution in [0.15, 0.2) is 36.7 Å². The van der Waals surface area contributed by atoms with Gasteiger partial charge in [0.15, 0.2) is 5.65 Å². The summed E-state index contributed by atoms with van der Waals surface area (Å²) in [6, 6.07) is 5.79. The van der Waals surface area contributed by atoms with Gasteiger partial charge in [-0.3, -0.25) is 9.59 Å². The zero-order chi connectivity index (χ0) is 19.7. The molecule has 0 saturated carbocycles. The van der Waals surface area contributed by atoms with Crippen molar-refractivity contribution in [3.05, 3.63) is 59.6 Å². The first kappa shape index (κ1) is 18.0. The summed E-state index contributed by atoms with van der Waals surface area (Å²) in [5.41, 5.74) is 1.51. The van der Waals surface area contributed by atoms with E-state index in [2.05, 4.69) is 20.3 Å². The van der Waals surface area contributed by atoms with Gasteiger partial charge in [-0.15, -0.1) is 0 Å². The Morgan fingerprint density at radius 1 is 1.29 bits per heavy atom. The molecule has 28 heavy (non-hydrogen) atoms. The number of carbonyl (C=O) groups is 2. The lowest BCUT2D eigenvalue weighted by molar-refractivity contribution is -0.136. The van der Waals surface area contributed by atoms with Gasteiger partial charge in [0.05, 0.1) is 11.8 Å². The van der Waals surface area contributed by atoms with Gasteiger partial charge in [-0.1, -0.05) is 6.07 Å². The maximum Gasteiger partial charge on any atom is 0.270 e. The quantitative estimate of drug-likeness (QED) is 0.720. The molecule has 0 aliphatic carbocycles. The van der Waals surface area contributed by atoms with Crippen LogP contribution in [-0.4, -0.2) is 44.3 Å². The number of imidazole rings is 1. The molecule has 2 N–H and O–H groups in total. The van der Waals surface area contributed by atoms with E-state index in [1.165, 1.54) is 17.3 Å². The second-order valence-electron chi connectivity index (χ2n) is 6.63. The van der Waals surface area contributed by atoms with Crippen LogP contribution in [-0.2, 0) is 11.3 Å². The molecule has 1 unspecified atom stereocenters. The SMILES string of the molecule is O=C(NC1CCCN(Cc2ccc(F)cc2F)C1=O)c1ccc2[nH]cnc2n1. The van der Waals surface area contributed by atoms with Crippen molar-refractivity contribution in [2.75, 3.05) is 6.54 Å². The monoisotopic (exact) mass is 385 g/mol. The molecule has 1 fully saturated rings. The van der Waals surface area contributed by atoms with Crippen LogP contribution in [0.2, 0.25) is 0 Å². The van der Waals surface area contributed by atoms with Crippen molar-refractivity contribution in [2.45, 2.75) is 25.4 Å². The zero-order valence-electron chi connectivity index (χ0n) is 14.8. The van der Waals surface area contributed by atoms with E-state index < -0.39 is 23.6 Å². The zero-order valence-corrected chi connectivity index (χ0v) is 14.8. The van der Waals surface area contributed by atoms with Crippen LogP contribution in [0.1, 0.15) is 28.9 Å². The molecular weight excluding hydrogens is 368 g/mol. The number of fused-ring (bicyclic) bond motifs is 1. The topological polar surface area (TPSA) is 91.0 Å². The van der Waals surface area contributed by atoms with E-state index in [1.54, 1.807) is 12.1 Å². The van der Waals surface area contributed by atoms with E-state index in [4.69, 9.17) is 0 Å². The molecule has 3 heterocycles. The first-order valence-electron chi connectivity index (χ1n) is 8.85. The number of benzene rings is 1. The second kappa shape index (κ2) is 7.34. The van der Waals surface area contributed by atoms with Gasteiger partial charge >= 0.3 is 0 Å². The fourth-order valence-corrected chi connectivity index (χ4v) is 3.27. The van der Waals surface area contributed by atoms with Gasteiger partial charge in [-0.05, 0) is 31.0 Å². The molecule has 1 saturated heterocycles. The number of carbonyl (C=O) groups excluding carboxylic acids is 2. The first-order chi connectivity index (χ1) is 13.5. The summed E-state index contributed by atoms with van der Waals surface area (Å²) < 4.78 is 27.0. The second-order valence-corrected chi connectivity index (χ2v) is 6.63. The lowest BCUT2D eigenvalue weighted by Crippen LogP contribution is -2.52. The van der Waals surface area contributed by atoms with Gasteiger partial charge < -0.3 is 15.2 Å². The first-order valence-corrected chi connectivity index (χ1v) is 8.85. The normalized spacial score (nSPS) is 17.1. The van der Waals surface area contributed by atoms with Gasteiger partial charge in [0.25, 0.3) is 5.91 Å². The van der Waals surface area contributed by atoms with Gasteiger partial charge in [0, 0.05) is 24.7 Å². The summed E-state index contributed by atoms with van der Waals surface area (Å²) in [4.78, 5) is 37.8. The highest BCUT2D eigenvalue weighted by Gasteiger charge is 2.31. The number of piperidine rings is 1. The number of nitrogens with zero attached hydrogens (tertiary/aromatic N) is 3. The van der Waals surface area contributed by atoms with E-state index in [-0.39, 0.29) is 23.7 Å². The maximum absolute atomic E-state index is 13.9. The molecular formula is C19H17F2N5O2. The van der Waals surface area contributed by atoms with E-state index in [0.29, 0.717) is 30.6 Å². The number of H-pyrrole nitrogens is 1. The molecule has 0 spiro atoms. The van der Waals surface area contributed by atoms with Crippen molar-refractivity contribution in [3.63, 3.8) is 0 Å². The summed E-state index contributed by atoms with van der Waals surface area (Å²) in [5.74, 6) is -2.14. The predicted molar refractivity (Wildman–Crippen MR) is 96.2 cm³/mol. The Bertz CT molecular complexity index is 1050. The summed E-state index contributed by atoms with van der Waals surface area (Å²) in [6.07, 6.45) is 2.62. The number of aromatic amines is 1. The molecule has 9 heteroatoms. The lowest BCUT2D eigenvalue weighted by Gasteiger charge is -2.32. The van der Waals surface area contributed by atoms with Crippen molar-refractivity contribution in [1.82, 2.24) is 25.2 Å². The van der Waals surface area contributed by atoms with Gasteiger partial charge in [-0.2, -0.15) is 0 Å². The molecule has 0 bridgehead atoms. The fourth-order valence-electron chi connectivity index (χ4n) is 3.27. The summed E-state index contributed by atoms with van der Waals surface area (Å²) >= 11 is 0. The van der Waals surface area contributed by atoms with Crippen molar-refractivity contribution in [1.29, 1.82) is 0 Å². The van der Waals surface area contributed by atoms with E-state index >= 15 is 0 Å². The standard InChI is InChI=1S/C19H17F2N5O2/c20-12-4-3-11(13(21)8-12)9-26-7-1-2-16(19(26)28)25-18(27)15-6-5-14-17(24-15)23-10-22-14/h3-6,8,10,16H,1-2,7,9H2,(H,25,27)(H,22,23,24). The number of hydrogen-bond acceptors (Lipinski definition) is 4. The third-order valence-corrected chi connectivity index (χ3v) is 4.73. The Morgan fingerprint density at radius 3 is 2.96 bits per heavy atom. The Kier molecular flexibility index (Phi) is 4.72. The number of likely N-dealkylation sites (tertiary alicyclic amines) is 1. The molecule has 1 aliphatic rings. The van der Waals surface area contributed by atoms with Crippen molar-refractivity contribution >= 4 is 23.0 Å². The van der Waals surface area contributed by atoms with Gasteiger partial charge in [0.1, 0.15) is 23.4 Å². The molecule has 1 atom stereocenters. The molecule has 1 aliphatic heterocycles. The number of halogens is 2.